The third kappa shape index (κ3) is 1.99. The molecule has 0 bridgehead atoms. The number of hydrogen-bond donors (Lipinski definition) is 0. The molecule has 0 radical (unpaired) electrons. The first-order valence-corrected chi connectivity index (χ1v) is 4.65. The van der Waals surface area contributed by atoms with E-state index in [4.69, 9.17) is 4.74 Å². The number of aromatic nitrogens is 1. The van der Waals surface area contributed by atoms with E-state index in [1.165, 1.54) is 13.3 Å². The summed E-state index contributed by atoms with van der Waals surface area (Å²) in [4.78, 5) is 14.3. The average Bonchev–Trinajstić information content (AvgIpc) is 2.17. The Morgan fingerprint density at radius 2 is 2.29 bits per heavy atom. The lowest BCUT2D eigenvalue weighted by Crippen LogP contribution is -2.02. The molecule has 0 spiro atoms. The van der Waals surface area contributed by atoms with Gasteiger partial charge in [0.2, 0.25) is 0 Å². The third-order valence-electron chi connectivity index (χ3n) is 1.63. The van der Waals surface area contributed by atoms with Gasteiger partial charge >= 0.3 is 0 Å². The Balaban J connectivity index is 3.43. The molecule has 0 N–H and O–H groups in total. The summed E-state index contributed by atoms with van der Waals surface area (Å²) in [5.41, 5.74) is -0.512. The summed E-state index contributed by atoms with van der Waals surface area (Å²) in [6.07, 6.45) is -1.21. The maximum absolute atomic E-state index is 12.6. The van der Waals surface area contributed by atoms with Gasteiger partial charge in [-0.2, -0.15) is 0 Å². The van der Waals surface area contributed by atoms with Gasteiger partial charge in [0, 0.05) is 0 Å². The van der Waals surface area contributed by atoms with Gasteiger partial charge in [-0.15, -0.1) is 0 Å². The summed E-state index contributed by atoms with van der Waals surface area (Å²) in [5.74, 6) is -0.0671. The molecule has 1 aromatic heterocycles. The normalized spacial score (nSPS) is 10.4. The summed E-state index contributed by atoms with van der Waals surface area (Å²) in [6, 6.07) is 0. The molecule has 0 atom stereocenters. The summed E-state index contributed by atoms with van der Waals surface area (Å²) < 4.78 is 30.1. The van der Waals surface area contributed by atoms with Crippen molar-refractivity contribution in [2.24, 2.45) is 0 Å². The largest absolute Gasteiger partial charge is 0.495 e. The second-order valence-electron chi connectivity index (χ2n) is 2.36. The first kappa shape index (κ1) is 11.3. The van der Waals surface area contributed by atoms with Crippen molar-refractivity contribution in [1.82, 2.24) is 4.98 Å². The number of pyridine rings is 1. The van der Waals surface area contributed by atoms with Crippen LogP contribution in [0.4, 0.5) is 8.78 Å². The molecule has 6 heteroatoms. The van der Waals surface area contributed by atoms with Crippen LogP contribution in [0.25, 0.3) is 0 Å². The van der Waals surface area contributed by atoms with Gasteiger partial charge in [0.1, 0.15) is 9.45 Å². The number of ether oxygens (including phenoxy) is 1. The standard InChI is InChI=1S/C8H6F2INO2/c1-14-5-2-12-8(11)4(3-13)6(5)7(9)10/h2-3,7H,1H3. The summed E-state index contributed by atoms with van der Waals surface area (Å²) in [6.45, 7) is 0. The molecule has 0 saturated carbocycles. The van der Waals surface area contributed by atoms with Gasteiger partial charge in [0.25, 0.3) is 6.43 Å². The van der Waals surface area contributed by atoms with Gasteiger partial charge in [0.15, 0.2) is 6.29 Å². The molecular formula is C8H6F2INO2. The molecule has 0 aliphatic heterocycles. The molecule has 0 aliphatic rings. The van der Waals surface area contributed by atoms with Gasteiger partial charge in [-0.25, -0.2) is 13.8 Å². The zero-order chi connectivity index (χ0) is 10.7. The summed E-state index contributed by atoms with van der Waals surface area (Å²) >= 11 is 1.72. The average molecular weight is 313 g/mol. The highest BCUT2D eigenvalue weighted by atomic mass is 127. The van der Waals surface area contributed by atoms with E-state index in [1.807, 2.05) is 0 Å². The lowest BCUT2D eigenvalue weighted by molar-refractivity contribution is 0.110. The molecule has 14 heavy (non-hydrogen) atoms. The van der Waals surface area contributed by atoms with E-state index in [-0.39, 0.29) is 15.0 Å². The number of halogens is 3. The molecular weight excluding hydrogens is 307 g/mol. The van der Waals surface area contributed by atoms with E-state index >= 15 is 0 Å². The first-order valence-electron chi connectivity index (χ1n) is 3.57. The van der Waals surface area contributed by atoms with E-state index in [1.54, 1.807) is 22.6 Å². The van der Waals surface area contributed by atoms with Crippen LogP contribution in [0, 0.1) is 3.70 Å². The van der Waals surface area contributed by atoms with Gasteiger partial charge in [-0.3, -0.25) is 4.79 Å². The fourth-order valence-electron chi connectivity index (χ4n) is 0.998. The number of hydrogen-bond acceptors (Lipinski definition) is 3. The second-order valence-corrected chi connectivity index (χ2v) is 3.39. The quantitative estimate of drug-likeness (QED) is 0.489. The highest BCUT2D eigenvalue weighted by Gasteiger charge is 2.21. The Morgan fingerprint density at radius 1 is 1.64 bits per heavy atom. The predicted octanol–water partition coefficient (Wildman–Crippen LogP) is 2.44. The van der Waals surface area contributed by atoms with Crippen molar-refractivity contribution in [2.45, 2.75) is 6.43 Å². The number of carbonyl (C=O) groups is 1. The zero-order valence-corrected chi connectivity index (χ0v) is 9.29. The van der Waals surface area contributed by atoms with Crippen LogP contribution < -0.4 is 4.74 Å². The van der Waals surface area contributed by atoms with Crippen LogP contribution in [0.1, 0.15) is 22.3 Å². The molecule has 0 unspecified atom stereocenters. The molecule has 0 aliphatic carbocycles. The number of aldehydes is 1. The van der Waals surface area contributed by atoms with Crippen molar-refractivity contribution in [3.05, 3.63) is 21.0 Å². The van der Waals surface area contributed by atoms with Gasteiger partial charge in [0.05, 0.1) is 24.4 Å². The van der Waals surface area contributed by atoms with Crippen molar-refractivity contribution in [2.75, 3.05) is 7.11 Å². The van der Waals surface area contributed by atoms with Crippen LogP contribution in [0.3, 0.4) is 0 Å². The molecule has 0 fully saturated rings. The maximum Gasteiger partial charge on any atom is 0.268 e. The highest BCUT2D eigenvalue weighted by Crippen LogP contribution is 2.32. The smallest absolute Gasteiger partial charge is 0.268 e. The van der Waals surface area contributed by atoms with Crippen molar-refractivity contribution in [3.63, 3.8) is 0 Å². The SMILES string of the molecule is COc1cnc(I)c(C=O)c1C(F)F. The number of alkyl halides is 2. The minimum atomic E-state index is -2.75. The number of rotatable bonds is 3. The monoisotopic (exact) mass is 313 g/mol. The molecule has 0 amide bonds. The van der Waals surface area contributed by atoms with E-state index < -0.39 is 12.0 Å². The minimum absolute atomic E-state index is 0.0671. The minimum Gasteiger partial charge on any atom is -0.495 e. The van der Waals surface area contributed by atoms with Crippen LogP contribution in [-0.4, -0.2) is 18.4 Å². The Hall–Kier alpha value is -0.790. The first-order chi connectivity index (χ1) is 6.61. The lowest BCUT2D eigenvalue weighted by Gasteiger charge is -2.10. The van der Waals surface area contributed by atoms with Crippen molar-refractivity contribution < 1.29 is 18.3 Å². The van der Waals surface area contributed by atoms with E-state index in [0.717, 1.165) is 0 Å². The highest BCUT2D eigenvalue weighted by molar-refractivity contribution is 14.1. The van der Waals surface area contributed by atoms with Crippen molar-refractivity contribution in [3.8, 4) is 5.75 Å². The molecule has 76 valence electrons. The fraction of sp³-hybridized carbons (Fsp3) is 0.250. The van der Waals surface area contributed by atoms with Gasteiger partial charge in [-0.1, -0.05) is 0 Å². The summed E-state index contributed by atoms with van der Waals surface area (Å²) in [7, 11) is 1.25. The summed E-state index contributed by atoms with van der Waals surface area (Å²) in [5, 5.41) is 0. The molecule has 1 heterocycles. The lowest BCUT2D eigenvalue weighted by atomic mass is 10.1. The Morgan fingerprint density at radius 3 is 2.71 bits per heavy atom. The Kier molecular flexibility index (Phi) is 3.73. The van der Waals surface area contributed by atoms with Crippen LogP contribution in [0.2, 0.25) is 0 Å². The number of methoxy groups -OCH3 is 1. The van der Waals surface area contributed by atoms with E-state index in [2.05, 4.69) is 4.98 Å². The molecule has 1 rings (SSSR count). The van der Waals surface area contributed by atoms with Gasteiger partial charge < -0.3 is 4.74 Å². The number of carbonyl (C=O) groups excluding carboxylic acids is 1. The molecule has 1 aromatic rings. The Bertz CT molecular complexity index is 357. The van der Waals surface area contributed by atoms with E-state index in [9.17, 15) is 13.6 Å². The molecule has 3 nitrogen and oxygen atoms in total. The maximum atomic E-state index is 12.6. The predicted molar refractivity (Wildman–Crippen MR) is 53.9 cm³/mol. The van der Waals surface area contributed by atoms with E-state index in [0.29, 0.717) is 6.29 Å². The van der Waals surface area contributed by atoms with Crippen LogP contribution in [0.5, 0.6) is 5.75 Å². The van der Waals surface area contributed by atoms with Gasteiger partial charge in [-0.05, 0) is 22.6 Å². The Labute approximate surface area is 92.6 Å². The topological polar surface area (TPSA) is 39.2 Å². The number of nitrogens with zero attached hydrogens (tertiary/aromatic N) is 1. The van der Waals surface area contributed by atoms with Crippen LogP contribution in [0.15, 0.2) is 6.20 Å². The van der Waals surface area contributed by atoms with Crippen LogP contribution in [-0.2, 0) is 0 Å². The zero-order valence-electron chi connectivity index (χ0n) is 7.13. The molecule has 0 aromatic carbocycles. The van der Waals surface area contributed by atoms with Crippen molar-refractivity contribution in [1.29, 1.82) is 0 Å². The van der Waals surface area contributed by atoms with Crippen molar-refractivity contribution >= 4 is 28.9 Å². The van der Waals surface area contributed by atoms with Crippen LogP contribution >= 0.6 is 22.6 Å². The second kappa shape index (κ2) is 4.63. The molecule has 0 saturated heterocycles. The third-order valence-corrected chi connectivity index (χ3v) is 2.49. The fourth-order valence-corrected chi connectivity index (χ4v) is 1.56.